The van der Waals surface area contributed by atoms with Crippen LogP contribution in [0.4, 0.5) is 13.2 Å². The second-order valence-corrected chi connectivity index (χ2v) is 4.89. The molecule has 100 valence electrons. The van der Waals surface area contributed by atoms with Crippen molar-refractivity contribution in [2.45, 2.75) is 38.4 Å². The summed E-state index contributed by atoms with van der Waals surface area (Å²) < 4.78 is 38.0. The van der Waals surface area contributed by atoms with Gasteiger partial charge in [0.1, 0.15) is 0 Å². The molecular formula is C14H18F3N. The van der Waals surface area contributed by atoms with Crippen molar-refractivity contribution in [1.82, 2.24) is 5.32 Å². The maximum atomic E-state index is 12.7. The molecular weight excluding hydrogens is 239 g/mol. The number of rotatable bonds is 5. The number of benzene rings is 1. The number of halogens is 3. The molecule has 1 aromatic carbocycles. The second-order valence-electron chi connectivity index (χ2n) is 4.89. The lowest BCUT2D eigenvalue weighted by Gasteiger charge is -2.19. The smallest absolute Gasteiger partial charge is 0.310 e. The van der Waals surface area contributed by atoms with Gasteiger partial charge < -0.3 is 5.32 Å². The Kier molecular flexibility index (Phi) is 3.95. The van der Waals surface area contributed by atoms with E-state index in [0.29, 0.717) is 5.92 Å². The van der Waals surface area contributed by atoms with Crippen molar-refractivity contribution in [2.24, 2.45) is 5.92 Å². The summed E-state index contributed by atoms with van der Waals surface area (Å²) in [5, 5.41) is 3.36. The van der Waals surface area contributed by atoms with Gasteiger partial charge in [0.05, 0.1) is 5.56 Å². The number of hydrogen-bond acceptors (Lipinski definition) is 1. The van der Waals surface area contributed by atoms with Crippen molar-refractivity contribution in [1.29, 1.82) is 0 Å². The van der Waals surface area contributed by atoms with Gasteiger partial charge in [-0.05, 0) is 49.4 Å². The SMILES string of the molecule is CCCNC(c1cccc(C(F)(F)F)c1)C1CC1. The Labute approximate surface area is 105 Å². The second kappa shape index (κ2) is 5.31. The fraction of sp³-hybridized carbons (Fsp3) is 0.571. The quantitative estimate of drug-likeness (QED) is 0.835. The summed E-state index contributed by atoms with van der Waals surface area (Å²) in [6, 6.07) is 5.79. The van der Waals surface area contributed by atoms with Crippen LogP contribution in [0.15, 0.2) is 24.3 Å². The van der Waals surface area contributed by atoms with Gasteiger partial charge in [0.25, 0.3) is 0 Å². The van der Waals surface area contributed by atoms with E-state index in [1.807, 2.05) is 0 Å². The van der Waals surface area contributed by atoms with Crippen LogP contribution in [0.2, 0.25) is 0 Å². The van der Waals surface area contributed by atoms with Crippen molar-refractivity contribution in [2.75, 3.05) is 6.54 Å². The van der Waals surface area contributed by atoms with Crippen LogP contribution in [-0.2, 0) is 6.18 Å². The molecule has 0 saturated heterocycles. The molecule has 1 aliphatic rings. The first-order chi connectivity index (χ1) is 8.52. The zero-order chi connectivity index (χ0) is 13.2. The molecule has 1 nitrogen and oxygen atoms in total. The van der Waals surface area contributed by atoms with Crippen LogP contribution in [0, 0.1) is 5.92 Å². The molecule has 1 atom stereocenters. The molecule has 0 bridgehead atoms. The lowest BCUT2D eigenvalue weighted by molar-refractivity contribution is -0.137. The minimum Gasteiger partial charge on any atom is -0.310 e. The van der Waals surface area contributed by atoms with E-state index in [2.05, 4.69) is 12.2 Å². The first kappa shape index (κ1) is 13.4. The summed E-state index contributed by atoms with van der Waals surface area (Å²) in [5.74, 6) is 0.500. The summed E-state index contributed by atoms with van der Waals surface area (Å²) in [6.45, 7) is 2.90. The Bertz CT molecular complexity index is 396. The maximum absolute atomic E-state index is 12.7. The standard InChI is InChI=1S/C14H18F3N/c1-2-8-18-13(10-6-7-10)11-4-3-5-12(9-11)14(15,16)17/h3-5,9-10,13,18H,2,6-8H2,1H3. The molecule has 0 heterocycles. The summed E-state index contributed by atoms with van der Waals surface area (Å²) >= 11 is 0. The third-order valence-corrected chi connectivity index (χ3v) is 3.28. The average molecular weight is 257 g/mol. The molecule has 1 unspecified atom stereocenters. The first-order valence-corrected chi connectivity index (χ1v) is 6.43. The van der Waals surface area contributed by atoms with Gasteiger partial charge in [-0.25, -0.2) is 0 Å². The van der Waals surface area contributed by atoms with Crippen LogP contribution < -0.4 is 5.32 Å². The van der Waals surface area contributed by atoms with Crippen LogP contribution in [-0.4, -0.2) is 6.54 Å². The van der Waals surface area contributed by atoms with Gasteiger partial charge in [-0.2, -0.15) is 13.2 Å². The summed E-state index contributed by atoms with van der Waals surface area (Å²) in [6.07, 6.45) is -1.05. The van der Waals surface area contributed by atoms with Crippen LogP contribution in [0.1, 0.15) is 43.4 Å². The Balaban J connectivity index is 2.19. The highest BCUT2D eigenvalue weighted by molar-refractivity contribution is 5.29. The molecule has 2 rings (SSSR count). The summed E-state index contributed by atoms with van der Waals surface area (Å²) in [5.41, 5.74) is 0.213. The topological polar surface area (TPSA) is 12.0 Å². The molecule has 0 aliphatic heterocycles. The van der Waals surface area contributed by atoms with E-state index in [4.69, 9.17) is 0 Å². The minimum atomic E-state index is -4.26. The molecule has 0 amide bonds. The van der Waals surface area contributed by atoms with E-state index >= 15 is 0 Å². The highest BCUT2D eigenvalue weighted by Crippen LogP contribution is 2.42. The van der Waals surface area contributed by atoms with E-state index < -0.39 is 11.7 Å². The first-order valence-electron chi connectivity index (χ1n) is 6.43. The predicted octanol–water partition coefficient (Wildman–Crippen LogP) is 4.16. The molecule has 1 aromatic rings. The lowest BCUT2D eigenvalue weighted by Crippen LogP contribution is -2.24. The van der Waals surface area contributed by atoms with Crippen molar-refractivity contribution >= 4 is 0 Å². The van der Waals surface area contributed by atoms with Gasteiger partial charge in [-0.3, -0.25) is 0 Å². The monoisotopic (exact) mass is 257 g/mol. The zero-order valence-corrected chi connectivity index (χ0v) is 10.4. The Morgan fingerprint density at radius 3 is 2.61 bits per heavy atom. The fourth-order valence-corrected chi connectivity index (χ4v) is 2.19. The van der Waals surface area contributed by atoms with Crippen LogP contribution in [0.3, 0.4) is 0 Å². The molecule has 0 radical (unpaired) electrons. The van der Waals surface area contributed by atoms with Crippen molar-refractivity contribution in [3.8, 4) is 0 Å². The Morgan fingerprint density at radius 2 is 2.06 bits per heavy atom. The van der Waals surface area contributed by atoms with E-state index in [-0.39, 0.29) is 6.04 Å². The zero-order valence-electron chi connectivity index (χ0n) is 10.4. The van der Waals surface area contributed by atoms with Gasteiger partial charge >= 0.3 is 6.18 Å². The largest absolute Gasteiger partial charge is 0.416 e. The van der Waals surface area contributed by atoms with Crippen molar-refractivity contribution < 1.29 is 13.2 Å². The van der Waals surface area contributed by atoms with Crippen LogP contribution >= 0.6 is 0 Å². The molecule has 18 heavy (non-hydrogen) atoms. The maximum Gasteiger partial charge on any atom is 0.416 e. The Morgan fingerprint density at radius 1 is 1.33 bits per heavy atom. The minimum absolute atomic E-state index is 0.0762. The molecule has 0 spiro atoms. The molecule has 4 heteroatoms. The number of nitrogens with one attached hydrogen (secondary N) is 1. The van der Waals surface area contributed by atoms with E-state index in [0.717, 1.165) is 37.4 Å². The number of alkyl halides is 3. The third kappa shape index (κ3) is 3.25. The van der Waals surface area contributed by atoms with E-state index in [9.17, 15) is 13.2 Å². The summed E-state index contributed by atoms with van der Waals surface area (Å²) in [7, 11) is 0. The third-order valence-electron chi connectivity index (χ3n) is 3.28. The molecule has 1 aliphatic carbocycles. The van der Waals surface area contributed by atoms with Crippen LogP contribution in [0.25, 0.3) is 0 Å². The van der Waals surface area contributed by atoms with E-state index in [1.165, 1.54) is 12.1 Å². The molecule has 0 aromatic heterocycles. The molecule has 1 fully saturated rings. The molecule has 1 saturated carbocycles. The summed E-state index contributed by atoms with van der Waals surface area (Å²) in [4.78, 5) is 0. The average Bonchev–Trinajstić information content (AvgIpc) is 3.13. The highest BCUT2D eigenvalue weighted by atomic mass is 19.4. The van der Waals surface area contributed by atoms with Gasteiger partial charge in [-0.1, -0.05) is 19.1 Å². The van der Waals surface area contributed by atoms with Gasteiger partial charge in [0.2, 0.25) is 0 Å². The molecule has 1 N–H and O–H groups in total. The van der Waals surface area contributed by atoms with Gasteiger partial charge in [-0.15, -0.1) is 0 Å². The van der Waals surface area contributed by atoms with Crippen LogP contribution in [0.5, 0.6) is 0 Å². The van der Waals surface area contributed by atoms with Gasteiger partial charge in [0.15, 0.2) is 0 Å². The normalized spacial score (nSPS) is 17.8. The lowest BCUT2D eigenvalue weighted by atomic mass is 10.00. The fourth-order valence-electron chi connectivity index (χ4n) is 2.19. The highest BCUT2D eigenvalue weighted by Gasteiger charge is 2.34. The predicted molar refractivity (Wildman–Crippen MR) is 65.2 cm³/mol. The van der Waals surface area contributed by atoms with Gasteiger partial charge in [0, 0.05) is 6.04 Å². The van der Waals surface area contributed by atoms with E-state index in [1.54, 1.807) is 6.07 Å². The Hall–Kier alpha value is -1.03. The number of hydrogen-bond donors (Lipinski definition) is 1. The van der Waals surface area contributed by atoms with Crippen molar-refractivity contribution in [3.63, 3.8) is 0 Å². The van der Waals surface area contributed by atoms with Crippen molar-refractivity contribution in [3.05, 3.63) is 35.4 Å².